The van der Waals surface area contributed by atoms with Crippen LogP contribution in [0.4, 0.5) is 0 Å². The van der Waals surface area contributed by atoms with E-state index in [2.05, 4.69) is 0 Å². The summed E-state index contributed by atoms with van der Waals surface area (Å²) in [7, 11) is 0. The topological polar surface area (TPSA) is 49.9 Å². The fourth-order valence-corrected chi connectivity index (χ4v) is 2.87. The van der Waals surface area contributed by atoms with Crippen molar-refractivity contribution in [2.24, 2.45) is 0 Å². The first-order valence-electron chi connectivity index (χ1n) is 8.47. The average Bonchev–Trinajstić information content (AvgIpc) is 2.61. The summed E-state index contributed by atoms with van der Waals surface area (Å²) in [6, 6.07) is 7.63. The minimum absolute atomic E-state index is 0.104. The highest BCUT2D eigenvalue weighted by molar-refractivity contribution is 6.17. The van der Waals surface area contributed by atoms with Crippen molar-refractivity contribution < 1.29 is 14.3 Å². The van der Waals surface area contributed by atoms with Crippen LogP contribution in [0.1, 0.15) is 25.3 Å². The summed E-state index contributed by atoms with van der Waals surface area (Å²) < 4.78 is 5.40. The molecule has 0 radical (unpaired) electrons. The van der Waals surface area contributed by atoms with Gasteiger partial charge in [0.2, 0.25) is 11.8 Å². The van der Waals surface area contributed by atoms with Crippen molar-refractivity contribution in [2.45, 2.75) is 26.2 Å². The van der Waals surface area contributed by atoms with E-state index in [-0.39, 0.29) is 11.8 Å². The van der Waals surface area contributed by atoms with Gasteiger partial charge in [-0.15, -0.1) is 11.6 Å². The van der Waals surface area contributed by atoms with E-state index in [0.717, 1.165) is 11.3 Å². The predicted molar refractivity (Wildman–Crippen MR) is 94.4 cm³/mol. The van der Waals surface area contributed by atoms with Gasteiger partial charge in [-0.25, -0.2) is 0 Å². The smallest absolute Gasteiger partial charge is 0.227 e. The third-order valence-electron chi connectivity index (χ3n) is 4.10. The van der Waals surface area contributed by atoms with E-state index in [9.17, 15) is 9.59 Å². The standard InChI is InChI=1S/C18H25ClN2O3/c1-2-24-16-7-5-15(6-8-16)14-18(23)21-12-10-20(11-13-21)17(22)4-3-9-19/h5-8H,2-4,9-14H2,1H3. The summed E-state index contributed by atoms with van der Waals surface area (Å²) in [6.07, 6.45) is 1.58. The van der Waals surface area contributed by atoms with Crippen LogP contribution in [0.3, 0.4) is 0 Å². The van der Waals surface area contributed by atoms with Gasteiger partial charge in [-0.05, 0) is 31.0 Å². The fraction of sp³-hybridized carbons (Fsp3) is 0.556. The number of alkyl halides is 1. The van der Waals surface area contributed by atoms with Crippen LogP contribution >= 0.6 is 11.6 Å². The molecule has 5 nitrogen and oxygen atoms in total. The lowest BCUT2D eigenvalue weighted by Gasteiger charge is -2.35. The Balaban J connectivity index is 1.79. The molecular weight excluding hydrogens is 328 g/mol. The van der Waals surface area contributed by atoms with Crippen LogP contribution < -0.4 is 4.74 Å². The number of carbonyl (C=O) groups is 2. The summed E-state index contributed by atoms with van der Waals surface area (Å²) in [5.41, 5.74) is 0.976. The molecule has 0 saturated carbocycles. The van der Waals surface area contributed by atoms with Gasteiger partial charge in [-0.1, -0.05) is 12.1 Å². The minimum Gasteiger partial charge on any atom is -0.494 e. The molecule has 6 heteroatoms. The van der Waals surface area contributed by atoms with Crippen molar-refractivity contribution in [2.75, 3.05) is 38.7 Å². The van der Waals surface area contributed by atoms with Crippen LogP contribution in [-0.4, -0.2) is 60.3 Å². The highest BCUT2D eigenvalue weighted by Gasteiger charge is 2.23. The Morgan fingerprint density at radius 2 is 1.62 bits per heavy atom. The molecule has 2 amide bonds. The Hall–Kier alpha value is -1.75. The molecule has 1 heterocycles. The number of carbonyl (C=O) groups excluding carboxylic acids is 2. The zero-order valence-electron chi connectivity index (χ0n) is 14.2. The molecule has 0 unspecified atom stereocenters. The second-order valence-corrected chi connectivity index (χ2v) is 6.19. The first-order valence-corrected chi connectivity index (χ1v) is 9.00. The van der Waals surface area contributed by atoms with Gasteiger partial charge in [0.1, 0.15) is 5.75 Å². The Bertz CT molecular complexity index is 540. The van der Waals surface area contributed by atoms with E-state index in [1.165, 1.54) is 0 Å². The van der Waals surface area contributed by atoms with Gasteiger partial charge in [-0.2, -0.15) is 0 Å². The Morgan fingerprint density at radius 3 is 2.17 bits per heavy atom. The largest absolute Gasteiger partial charge is 0.494 e. The molecule has 2 rings (SSSR count). The molecule has 0 aliphatic carbocycles. The highest BCUT2D eigenvalue weighted by atomic mass is 35.5. The van der Waals surface area contributed by atoms with Crippen molar-refractivity contribution in [1.82, 2.24) is 9.80 Å². The average molecular weight is 353 g/mol. The molecular formula is C18H25ClN2O3. The predicted octanol–water partition coefficient (Wildman–Crippen LogP) is 2.32. The lowest BCUT2D eigenvalue weighted by atomic mass is 10.1. The lowest BCUT2D eigenvalue weighted by Crippen LogP contribution is -2.51. The zero-order chi connectivity index (χ0) is 17.4. The first kappa shape index (κ1) is 18.6. The van der Waals surface area contributed by atoms with Gasteiger partial charge in [-0.3, -0.25) is 9.59 Å². The van der Waals surface area contributed by atoms with Crippen LogP contribution in [0.2, 0.25) is 0 Å². The summed E-state index contributed by atoms with van der Waals surface area (Å²) in [4.78, 5) is 28.0. The van der Waals surface area contributed by atoms with Crippen LogP contribution in [0, 0.1) is 0 Å². The quantitative estimate of drug-likeness (QED) is 0.708. The maximum Gasteiger partial charge on any atom is 0.227 e. The van der Waals surface area contributed by atoms with Crippen molar-refractivity contribution in [3.05, 3.63) is 29.8 Å². The molecule has 1 aromatic rings. The molecule has 0 aromatic heterocycles. The number of rotatable bonds is 7. The van der Waals surface area contributed by atoms with Gasteiger partial charge < -0.3 is 14.5 Å². The van der Waals surface area contributed by atoms with Crippen LogP contribution in [-0.2, 0) is 16.0 Å². The van der Waals surface area contributed by atoms with E-state index < -0.39 is 0 Å². The summed E-state index contributed by atoms with van der Waals surface area (Å²) in [5.74, 6) is 1.56. The van der Waals surface area contributed by atoms with Crippen molar-refractivity contribution in [3.8, 4) is 5.75 Å². The molecule has 0 spiro atoms. The summed E-state index contributed by atoms with van der Waals surface area (Å²) >= 11 is 5.62. The fourth-order valence-electron chi connectivity index (χ4n) is 2.74. The first-order chi connectivity index (χ1) is 11.6. The molecule has 1 fully saturated rings. The SMILES string of the molecule is CCOc1ccc(CC(=O)N2CCN(C(=O)CCCCl)CC2)cc1. The lowest BCUT2D eigenvalue weighted by molar-refractivity contribution is -0.139. The number of halogens is 1. The van der Waals surface area contributed by atoms with Gasteiger partial charge >= 0.3 is 0 Å². The minimum atomic E-state index is 0.104. The van der Waals surface area contributed by atoms with E-state index in [4.69, 9.17) is 16.3 Å². The Labute approximate surface area is 148 Å². The summed E-state index contributed by atoms with van der Waals surface area (Å²) in [5, 5.41) is 0. The molecule has 132 valence electrons. The monoisotopic (exact) mass is 352 g/mol. The number of nitrogens with zero attached hydrogens (tertiary/aromatic N) is 2. The van der Waals surface area contributed by atoms with E-state index in [0.29, 0.717) is 57.9 Å². The van der Waals surface area contributed by atoms with Gasteiger partial charge in [0, 0.05) is 38.5 Å². The van der Waals surface area contributed by atoms with Gasteiger partial charge in [0.15, 0.2) is 0 Å². The van der Waals surface area contributed by atoms with Gasteiger partial charge in [0.05, 0.1) is 13.0 Å². The number of amides is 2. The van der Waals surface area contributed by atoms with Crippen LogP contribution in [0.25, 0.3) is 0 Å². The van der Waals surface area contributed by atoms with E-state index >= 15 is 0 Å². The molecule has 0 N–H and O–H groups in total. The Kier molecular flexibility index (Phi) is 7.37. The van der Waals surface area contributed by atoms with Crippen LogP contribution in [0.5, 0.6) is 5.75 Å². The zero-order valence-corrected chi connectivity index (χ0v) is 14.9. The number of ether oxygens (including phenoxy) is 1. The number of piperazine rings is 1. The third kappa shape index (κ3) is 5.41. The second kappa shape index (κ2) is 9.52. The maximum atomic E-state index is 12.4. The second-order valence-electron chi connectivity index (χ2n) is 5.81. The van der Waals surface area contributed by atoms with Gasteiger partial charge in [0.25, 0.3) is 0 Å². The van der Waals surface area contributed by atoms with E-state index in [1.807, 2.05) is 41.0 Å². The molecule has 1 aliphatic rings. The third-order valence-corrected chi connectivity index (χ3v) is 4.37. The number of hydrogen-bond acceptors (Lipinski definition) is 3. The number of hydrogen-bond donors (Lipinski definition) is 0. The molecule has 1 saturated heterocycles. The van der Waals surface area contributed by atoms with Crippen molar-refractivity contribution in [3.63, 3.8) is 0 Å². The molecule has 24 heavy (non-hydrogen) atoms. The van der Waals surface area contributed by atoms with Crippen molar-refractivity contribution in [1.29, 1.82) is 0 Å². The van der Waals surface area contributed by atoms with Crippen LogP contribution in [0.15, 0.2) is 24.3 Å². The maximum absolute atomic E-state index is 12.4. The number of benzene rings is 1. The summed E-state index contributed by atoms with van der Waals surface area (Å²) in [6.45, 7) is 4.99. The Morgan fingerprint density at radius 1 is 1.04 bits per heavy atom. The molecule has 1 aromatic carbocycles. The highest BCUT2D eigenvalue weighted by Crippen LogP contribution is 2.14. The van der Waals surface area contributed by atoms with Crippen molar-refractivity contribution >= 4 is 23.4 Å². The molecule has 1 aliphatic heterocycles. The molecule has 0 bridgehead atoms. The van der Waals surface area contributed by atoms with E-state index in [1.54, 1.807) is 0 Å². The normalized spacial score (nSPS) is 14.6. The molecule has 0 atom stereocenters.